The molecule has 1 saturated carbocycles. The highest BCUT2D eigenvalue weighted by atomic mass is 19.1. The molecule has 17 heavy (non-hydrogen) atoms. The maximum absolute atomic E-state index is 13.1. The van der Waals surface area contributed by atoms with E-state index >= 15 is 0 Å². The van der Waals surface area contributed by atoms with Crippen molar-refractivity contribution in [2.45, 2.75) is 31.2 Å². The van der Waals surface area contributed by atoms with Gasteiger partial charge in [0.05, 0.1) is 7.11 Å². The van der Waals surface area contributed by atoms with Gasteiger partial charge in [0.15, 0.2) is 0 Å². The SMILES string of the molecule is COC(=O)C1(Nc2cccc(F)c2)CCCC1. The highest BCUT2D eigenvalue weighted by Crippen LogP contribution is 2.34. The number of anilines is 1. The fraction of sp³-hybridized carbons (Fsp3) is 0.462. The fourth-order valence-corrected chi connectivity index (χ4v) is 2.40. The summed E-state index contributed by atoms with van der Waals surface area (Å²) in [6.07, 6.45) is 3.43. The molecule has 0 heterocycles. The summed E-state index contributed by atoms with van der Waals surface area (Å²) < 4.78 is 17.9. The molecule has 4 heteroatoms. The Morgan fingerprint density at radius 3 is 2.71 bits per heavy atom. The maximum atomic E-state index is 13.1. The van der Waals surface area contributed by atoms with E-state index in [9.17, 15) is 9.18 Å². The van der Waals surface area contributed by atoms with Gasteiger partial charge in [-0.05, 0) is 31.0 Å². The molecule has 0 spiro atoms. The van der Waals surface area contributed by atoms with Crippen LogP contribution in [0.5, 0.6) is 0 Å². The van der Waals surface area contributed by atoms with Crippen molar-refractivity contribution in [1.29, 1.82) is 0 Å². The van der Waals surface area contributed by atoms with Crippen LogP contribution in [-0.2, 0) is 9.53 Å². The zero-order chi connectivity index (χ0) is 12.3. The molecule has 2 rings (SSSR count). The molecule has 0 bridgehead atoms. The summed E-state index contributed by atoms with van der Waals surface area (Å²) in [6, 6.07) is 6.15. The first-order valence-corrected chi connectivity index (χ1v) is 5.78. The monoisotopic (exact) mass is 237 g/mol. The number of nitrogens with one attached hydrogen (secondary N) is 1. The van der Waals surface area contributed by atoms with E-state index in [1.807, 2.05) is 0 Å². The van der Waals surface area contributed by atoms with E-state index in [-0.39, 0.29) is 11.8 Å². The summed E-state index contributed by atoms with van der Waals surface area (Å²) >= 11 is 0. The molecule has 1 aliphatic carbocycles. The van der Waals surface area contributed by atoms with Crippen molar-refractivity contribution in [2.75, 3.05) is 12.4 Å². The van der Waals surface area contributed by atoms with Crippen LogP contribution in [0.15, 0.2) is 24.3 Å². The summed E-state index contributed by atoms with van der Waals surface area (Å²) in [6.45, 7) is 0. The normalized spacial score (nSPS) is 17.8. The first kappa shape index (κ1) is 11.9. The van der Waals surface area contributed by atoms with Crippen LogP contribution in [-0.4, -0.2) is 18.6 Å². The van der Waals surface area contributed by atoms with Gasteiger partial charge in [0.1, 0.15) is 11.4 Å². The average molecular weight is 237 g/mol. The van der Waals surface area contributed by atoms with Crippen LogP contribution in [0, 0.1) is 5.82 Å². The van der Waals surface area contributed by atoms with Gasteiger partial charge in [-0.3, -0.25) is 0 Å². The number of hydrogen-bond acceptors (Lipinski definition) is 3. The van der Waals surface area contributed by atoms with Crippen molar-refractivity contribution >= 4 is 11.7 Å². The van der Waals surface area contributed by atoms with E-state index < -0.39 is 5.54 Å². The number of benzene rings is 1. The average Bonchev–Trinajstić information content (AvgIpc) is 2.78. The fourth-order valence-electron chi connectivity index (χ4n) is 2.40. The Bertz CT molecular complexity index is 414. The predicted molar refractivity (Wildman–Crippen MR) is 63.2 cm³/mol. The molecular formula is C13H16FNO2. The van der Waals surface area contributed by atoms with Crippen molar-refractivity contribution in [1.82, 2.24) is 0 Å². The lowest BCUT2D eigenvalue weighted by Crippen LogP contribution is -2.44. The van der Waals surface area contributed by atoms with Gasteiger partial charge in [-0.15, -0.1) is 0 Å². The predicted octanol–water partition coefficient (Wildman–Crippen LogP) is 2.72. The number of methoxy groups -OCH3 is 1. The molecule has 92 valence electrons. The minimum Gasteiger partial charge on any atom is -0.467 e. The summed E-state index contributed by atoms with van der Waals surface area (Å²) in [5.41, 5.74) is -0.0555. The first-order chi connectivity index (χ1) is 8.16. The molecule has 1 aliphatic rings. The second-order valence-electron chi connectivity index (χ2n) is 4.42. The molecule has 1 N–H and O–H groups in total. The smallest absolute Gasteiger partial charge is 0.331 e. The Morgan fingerprint density at radius 1 is 1.41 bits per heavy atom. The lowest BCUT2D eigenvalue weighted by molar-refractivity contribution is -0.145. The van der Waals surface area contributed by atoms with Gasteiger partial charge >= 0.3 is 5.97 Å². The van der Waals surface area contributed by atoms with Gasteiger partial charge < -0.3 is 10.1 Å². The van der Waals surface area contributed by atoms with Gasteiger partial charge in [0.25, 0.3) is 0 Å². The van der Waals surface area contributed by atoms with Crippen LogP contribution in [0.2, 0.25) is 0 Å². The molecule has 0 amide bonds. The lowest BCUT2D eigenvalue weighted by Gasteiger charge is -2.28. The molecule has 1 fully saturated rings. The Labute approximate surface area is 100.0 Å². The van der Waals surface area contributed by atoms with E-state index in [1.165, 1.54) is 19.2 Å². The number of hydrogen-bond donors (Lipinski definition) is 1. The number of esters is 1. The van der Waals surface area contributed by atoms with E-state index in [1.54, 1.807) is 12.1 Å². The third-order valence-electron chi connectivity index (χ3n) is 3.24. The van der Waals surface area contributed by atoms with E-state index in [4.69, 9.17) is 4.74 Å². The lowest BCUT2D eigenvalue weighted by atomic mass is 9.97. The molecule has 0 saturated heterocycles. The van der Waals surface area contributed by atoms with Crippen molar-refractivity contribution in [3.05, 3.63) is 30.1 Å². The van der Waals surface area contributed by atoms with Crippen LogP contribution >= 0.6 is 0 Å². The maximum Gasteiger partial charge on any atom is 0.331 e. The minimum absolute atomic E-state index is 0.265. The van der Waals surface area contributed by atoms with Crippen LogP contribution in [0.25, 0.3) is 0 Å². The summed E-state index contributed by atoms with van der Waals surface area (Å²) in [7, 11) is 1.38. The highest BCUT2D eigenvalue weighted by Gasteiger charge is 2.42. The van der Waals surface area contributed by atoms with Crippen LogP contribution < -0.4 is 5.32 Å². The summed E-state index contributed by atoms with van der Waals surface area (Å²) in [5.74, 6) is -0.577. The first-order valence-electron chi connectivity index (χ1n) is 5.78. The third kappa shape index (κ3) is 2.40. The molecule has 0 aliphatic heterocycles. The van der Waals surface area contributed by atoms with Crippen molar-refractivity contribution < 1.29 is 13.9 Å². The zero-order valence-electron chi connectivity index (χ0n) is 9.83. The number of halogens is 1. The third-order valence-corrected chi connectivity index (χ3v) is 3.24. The number of rotatable bonds is 3. The number of ether oxygens (including phenoxy) is 1. The molecule has 0 atom stereocenters. The van der Waals surface area contributed by atoms with E-state index in [0.717, 1.165) is 25.7 Å². The van der Waals surface area contributed by atoms with Gasteiger partial charge in [-0.1, -0.05) is 18.9 Å². The van der Waals surface area contributed by atoms with Crippen LogP contribution in [0.4, 0.5) is 10.1 Å². The topological polar surface area (TPSA) is 38.3 Å². The van der Waals surface area contributed by atoms with Crippen molar-refractivity contribution in [3.8, 4) is 0 Å². The minimum atomic E-state index is -0.678. The van der Waals surface area contributed by atoms with Gasteiger partial charge in [0.2, 0.25) is 0 Å². The Morgan fingerprint density at radius 2 is 2.12 bits per heavy atom. The van der Waals surface area contributed by atoms with E-state index in [2.05, 4.69) is 5.32 Å². The molecular weight excluding hydrogens is 221 g/mol. The van der Waals surface area contributed by atoms with Crippen molar-refractivity contribution in [2.24, 2.45) is 0 Å². The largest absolute Gasteiger partial charge is 0.467 e. The Balaban J connectivity index is 2.21. The Kier molecular flexibility index (Phi) is 3.31. The summed E-state index contributed by atoms with van der Waals surface area (Å²) in [5, 5.41) is 3.13. The second kappa shape index (κ2) is 4.73. The van der Waals surface area contributed by atoms with Crippen LogP contribution in [0.3, 0.4) is 0 Å². The van der Waals surface area contributed by atoms with Gasteiger partial charge in [0, 0.05) is 5.69 Å². The Hall–Kier alpha value is -1.58. The summed E-state index contributed by atoms with van der Waals surface area (Å²) in [4.78, 5) is 11.8. The van der Waals surface area contributed by atoms with Crippen molar-refractivity contribution in [3.63, 3.8) is 0 Å². The molecule has 1 aromatic rings. The number of carbonyl (C=O) groups excluding carboxylic acids is 1. The molecule has 3 nitrogen and oxygen atoms in total. The quantitative estimate of drug-likeness (QED) is 0.821. The zero-order valence-corrected chi connectivity index (χ0v) is 9.83. The standard InChI is InChI=1S/C13H16FNO2/c1-17-12(16)13(7-2-3-8-13)15-11-6-4-5-10(14)9-11/h4-6,9,15H,2-3,7-8H2,1H3. The second-order valence-corrected chi connectivity index (χ2v) is 4.42. The van der Waals surface area contributed by atoms with Gasteiger partial charge in [-0.25, -0.2) is 9.18 Å². The van der Waals surface area contributed by atoms with Crippen LogP contribution in [0.1, 0.15) is 25.7 Å². The van der Waals surface area contributed by atoms with E-state index in [0.29, 0.717) is 5.69 Å². The number of carbonyl (C=O) groups is 1. The van der Waals surface area contributed by atoms with Gasteiger partial charge in [-0.2, -0.15) is 0 Å². The molecule has 0 aromatic heterocycles. The molecule has 1 aromatic carbocycles. The molecule has 0 radical (unpaired) electrons. The highest BCUT2D eigenvalue weighted by molar-refractivity contribution is 5.84. The molecule has 0 unspecified atom stereocenters.